The average Bonchev–Trinajstić information content (AvgIpc) is 2.48. The van der Waals surface area contributed by atoms with E-state index in [1.54, 1.807) is 11.3 Å². The van der Waals surface area contributed by atoms with Crippen LogP contribution in [0.4, 0.5) is 0 Å². The Morgan fingerprint density at radius 2 is 2.31 bits per heavy atom. The molecule has 1 aromatic rings. The van der Waals surface area contributed by atoms with Gasteiger partial charge in [0.15, 0.2) is 0 Å². The van der Waals surface area contributed by atoms with Gasteiger partial charge in [-0.1, -0.05) is 23.3 Å². The van der Waals surface area contributed by atoms with Crippen LogP contribution in [0.25, 0.3) is 0 Å². The first-order valence-corrected chi connectivity index (χ1v) is 5.91. The van der Waals surface area contributed by atoms with E-state index in [0.717, 1.165) is 17.2 Å². The van der Waals surface area contributed by atoms with Crippen LogP contribution in [0, 0.1) is 0 Å². The molecular weight excluding hydrogens is 223 g/mol. The largest absolute Gasteiger partial charge is 0.128 e. The van der Waals surface area contributed by atoms with Gasteiger partial charge >= 0.3 is 0 Å². The molecule has 1 rings (SSSR count). The van der Waals surface area contributed by atoms with Crippen LogP contribution in [-0.2, 0) is 6.42 Å². The Bertz CT molecular complexity index is 289. The summed E-state index contributed by atoms with van der Waals surface area (Å²) in [5, 5.41) is 0. The smallest absolute Gasteiger partial charge is 0.0931 e. The van der Waals surface area contributed by atoms with Crippen molar-refractivity contribution in [1.29, 1.82) is 0 Å². The van der Waals surface area contributed by atoms with E-state index in [1.165, 1.54) is 10.5 Å². The second-order valence-electron chi connectivity index (χ2n) is 2.91. The van der Waals surface area contributed by atoms with Crippen molar-refractivity contribution in [3.05, 3.63) is 33.0 Å². The molecule has 0 radical (unpaired) electrons. The molecule has 0 aliphatic carbocycles. The molecular formula is C10H12Cl2S. The van der Waals surface area contributed by atoms with Gasteiger partial charge in [0.25, 0.3) is 0 Å². The Balaban J connectivity index is 2.49. The van der Waals surface area contributed by atoms with E-state index < -0.39 is 0 Å². The van der Waals surface area contributed by atoms with Crippen LogP contribution in [0.5, 0.6) is 0 Å². The first-order chi connectivity index (χ1) is 6.22. The quantitative estimate of drug-likeness (QED) is 0.531. The standard InChI is InChI=1S/C10H12Cl2S/c1-8(3-2-6-11)7-9-4-5-10(12)13-9/h3-5H,2,6-7H2,1H3. The van der Waals surface area contributed by atoms with E-state index in [0.29, 0.717) is 5.88 Å². The molecule has 0 saturated heterocycles. The molecule has 0 atom stereocenters. The summed E-state index contributed by atoms with van der Waals surface area (Å²) in [5.74, 6) is 0.697. The highest BCUT2D eigenvalue weighted by Gasteiger charge is 1.98. The maximum atomic E-state index is 5.83. The second-order valence-corrected chi connectivity index (χ2v) is 5.09. The number of thiophene rings is 1. The summed E-state index contributed by atoms with van der Waals surface area (Å²) in [5.41, 5.74) is 1.36. The van der Waals surface area contributed by atoms with Crippen LogP contribution in [0.1, 0.15) is 18.2 Å². The molecule has 13 heavy (non-hydrogen) atoms. The van der Waals surface area contributed by atoms with Crippen molar-refractivity contribution in [2.45, 2.75) is 19.8 Å². The average molecular weight is 235 g/mol. The maximum absolute atomic E-state index is 5.83. The molecule has 0 fully saturated rings. The zero-order chi connectivity index (χ0) is 9.68. The molecule has 1 aromatic heterocycles. The summed E-state index contributed by atoms with van der Waals surface area (Å²) in [6, 6.07) is 4.02. The van der Waals surface area contributed by atoms with Crippen LogP contribution < -0.4 is 0 Å². The third-order valence-corrected chi connectivity index (χ3v) is 3.13. The normalized spacial score (nSPS) is 12.1. The number of halogens is 2. The Morgan fingerprint density at radius 3 is 2.85 bits per heavy atom. The van der Waals surface area contributed by atoms with Gasteiger partial charge in [-0.3, -0.25) is 0 Å². The summed E-state index contributed by atoms with van der Waals surface area (Å²) in [7, 11) is 0. The number of hydrogen-bond acceptors (Lipinski definition) is 1. The van der Waals surface area contributed by atoms with Gasteiger partial charge in [0.1, 0.15) is 0 Å². The van der Waals surface area contributed by atoms with Gasteiger partial charge in [-0.2, -0.15) is 0 Å². The molecule has 0 nitrogen and oxygen atoms in total. The number of rotatable bonds is 4. The predicted octanol–water partition coefficient (Wildman–Crippen LogP) is 4.52. The first kappa shape index (κ1) is 11.1. The number of allylic oxidation sites excluding steroid dienone is 2. The fourth-order valence-corrected chi connectivity index (χ4v) is 2.39. The summed E-state index contributed by atoms with van der Waals surface area (Å²) < 4.78 is 0.861. The van der Waals surface area contributed by atoms with Crippen molar-refractivity contribution in [2.24, 2.45) is 0 Å². The zero-order valence-electron chi connectivity index (χ0n) is 7.52. The van der Waals surface area contributed by atoms with Crippen molar-refractivity contribution in [3.63, 3.8) is 0 Å². The lowest BCUT2D eigenvalue weighted by Crippen LogP contribution is -1.82. The lowest BCUT2D eigenvalue weighted by molar-refractivity contribution is 1.11. The minimum Gasteiger partial charge on any atom is -0.128 e. The summed E-state index contributed by atoms with van der Waals surface area (Å²) in [6.07, 6.45) is 4.13. The first-order valence-electron chi connectivity index (χ1n) is 4.18. The molecule has 0 unspecified atom stereocenters. The molecule has 0 saturated carbocycles. The SMILES string of the molecule is CC(=CCCCl)Cc1ccc(Cl)s1. The Hall–Kier alpha value is 0.0200. The van der Waals surface area contributed by atoms with Crippen LogP contribution in [0.15, 0.2) is 23.8 Å². The van der Waals surface area contributed by atoms with Gasteiger partial charge in [-0.25, -0.2) is 0 Å². The fraction of sp³-hybridized carbons (Fsp3) is 0.400. The summed E-state index contributed by atoms with van der Waals surface area (Å²) in [4.78, 5) is 1.31. The molecule has 72 valence electrons. The fourth-order valence-electron chi connectivity index (χ4n) is 1.09. The molecule has 0 aromatic carbocycles. The third-order valence-electron chi connectivity index (χ3n) is 1.68. The van der Waals surface area contributed by atoms with Crippen molar-refractivity contribution in [3.8, 4) is 0 Å². The lowest BCUT2D eigenvalue weighted by atomic mass is 10.1. The van der Waals surface area contributed by atoms with Gasteiger partial charge < -0.3 is 0 Å². The van der Waals surface area contributed by atoms with Crippen molar-refractivity contribution in [2.75, 3.05) is 5.88 Å². The molecule has 0 aliphatic heterocycles. The van der Waals surface area contributed by atoms with Crippen LogP contribution >= 0.6 is 34.5 Å². The minimum absolute atomic E-state index is 0.697. The van der Waals surface area contributed by atoms with Gasteiger partial charge in [0, 0.05) is 17.2 Å². The molecule has 0 bridgehead atoms. The van der Waals surface area contributed by atoms with Crippen molar-refractivity contribution in [1.82, 2.24) is 0 Å². The van der Waals surface area contributed by atoms with Gasteiger partial charge in [0.05, 0.1) is 4.34 Å². The van der Waals surface area contributed by atoms with Crippen LogP contribution in [0.2, 0.25) is 4.34 Å². The second kappa shape index (κ2) is 5.69. The Labute approximate surface area is 93.2 Å². The van der Waals surface area contributed by atoms with E-state index in [4.69, 9.17) is 23.2 Å². The van der Waals surface area contributed by atoms with Gasteiger partial charge in [0.2, 0.25) is 0 Å². The van der Waals surface area contributed by atoms with E-state index in [-0.39, 0.29) is 0 Å². The molecule has 1 heterocycles. The molecule has 3 heteroatoms. The highest BCUT2D eigenvalue weighted by molar-refractivity contribution is 7.16. The van der Waals surface area contributed by atoms with Gasteiger partial charge in [-0.15, -0.1) is 22.9 Å². The summed E-state index contributed by atoms with van der Waals surface area (Å²) >= 11 is 13.1. The van der Waals surface area contributed by atoms with Crippen LogP contribution in [-0.4, -0.2) is 5.88 Å². The molecule has 0 N–H and O–H groups in total. The Morgan fingerprint density at radius 1 is 1.54 bits per heavy atom. The number of alkyl halides is 1. The predicted molar refractivity (Wildman–Crippen MR) is 62.1 cm³/mol. The molecule has 0 aliphatic rings. The van der Waals surface area contributed by atoms with E-state index in [1.807, 2.05) is 6.07 Å². The van der Waals surface area contributed by atoms with E-state index >= 15 is 0 Å². The lowest BCUT2D eigenvalue weighted by Gasteiger charge is -1.96. The van der Waals surface area contributed by atoms with Crippen molar-refractivity contribution >= 4 is 34.5 Å². The monoisotopic (exact) mass is 234 g/mol. The highest BCUT2D eigenvalue weighted by atomic mass is 35.5. The maximum Gasteiger partial charge on any atom is 0.0931 e. The molecule has 0 amide bonds. The highest BCUT2D eigenvalue weighted by Crippen LogP contribution is 2.23. The van der Waals surface area contributed by atoms with Gasteiger partial charge in [-0.05, 0) is 25.5 Å². The zero-order valence-corrected chi connectivity index (χ0v) is 9.85. The van der Waals surface area contributed by atoms with E-state index in [9.17, 15) is 0 Å². The van der Waals surface area contributed by atoms with E-state index in [2.05, 4.69) is 19.1 Å². The number of hydrogen-bond donors (Lipinski definition) is 0. The van der Waals surface area contributed by atoms with Crippen molar-refractivity contribution < 1.29 is 0 Å². The third kappa shape index (κ3) is 4.17. The summed E-state index contributed by atoms with van der Waals surface area (Å²) in [6.45, 7) is 2.13. The minimum atomic E-state index is 0.697. The molecule has 0 spiro atoms. The topological polar surface area (TPSA) is 0 Å². The van der Waals surface area contributed by atoms with Crippen LogP contribution in [0.3, 0.4) is 0 Å². The Kier molecular flexibility index (Phi) is 4.86.